The molecule has 82 valence electrons. The topological polar surface area (TPSA) is 20.2 Å². The normalized spacial score (nSPS) is 17.9. The van der Waals surface area contributed by atoms with Crippen LogP contribution in [-0.2, 0) is 13.1 Å². The molecule has 0 bridgehead atoms. The molecule has 0 saturated heterocycles. The molecule has 1 aliphatic rings. The van der Waals surface area contributed by atoms with Gasteiger partial charge in [-0.3, -0.25) is 0 Å². The molecule has 1 N–H and O–H groups in total. The lowest BCUT2D eigenvalue weighted by Gasteiger charge is -2.10. The van der Waals surface area contributed by atoms with Gasteiger partial charge in [0, 0.05) is 12.0 Å². The van der Waals surface area contributed by atoms with Crippen LogP contribution in [0.2, 0.25) is 0 Å². The molecule has 0 atom stereocenters. The minimum atomic E-state index is -0.776. The Balaban J connectivity index is 2.26. The van der Waals surface area contributed by atoms with Crippen molar-refractivity contribution in [2.45, 2.75) is 38.5 Å². The van der Waals surface area contributed by atoms with Crippen LogP contribution < -0.4 is 0 Å². The van der Waals surface area contributed by atoms with Crippen LogP contribution in [-0.4, -0.2) is 10.7 Å². The SMILES string of the molecule is Cc1cc(CC2(O)CC2)cc(F)c1CF. The molecular weight excluding hydrogens is 198 g/mol. The van der Waals surface area contributed by atoms with Crippen molar-refractivity contribution >= 4 is 0 Å². The second-order valence-electron chi connectivity index (χ2n) is 4.41. The first-order valence-corrected chi connectivity index (χ1v) is 5.10. The standard InChI is InChI=1S/C12H14F2O/c1-8-4-9(6-12(15)2-3-12)5-11(14)10(8)7-13/h4-5,15H,2-3,6-7H2,1H3. The summed E-state index contributed by atoms with van der Waals surface area (Å²) in [7, 11) is 0. The van der Waals surface area contributed by atoms with E-state index in [1.807, 2.05) is 0 Å². The van der Waals surface area contributed by atoms with Gasteiger partial charge in [0.1, 0.15) is 12.5 Å². The van der Waals surface area contributed by atoms with Crippen LogP contribution in [0.5, 0.6) is 0 Å². The van der Waals surface area contributed by atoms with E-state index in [1.54, 1.807) is 13.0 Å². The summed E-state index contributed by atoms with van der Waals surface area (Å²) in [5.74, 6) is -0.503. The number of hydrogen-bond donors (Lipinski definition) is 1. The third-order valence-corrected chi connectivity index (χ3v) is 2.97. The van der Waals surface area contributed by atoms with E-state index in [4.69, 9.17) is 0 Å². The highest BCUT2D eigenvalue weighted by atomic mass is 19.1. The third kappa shape index (κ3) is 2.17. The van der Waals surface area contributed by atoms with Crippen molar-refractivity contribution in [3.05, 3.63) is 34.6 Å². The van der Waals surface area contributed by atoms with E-state index >= 15 is 0 Å². The molecule has 0 aromatic heterocycles. The van der Waals surface area contributed by atoms with Crippen molar-refractivity contribution in [2.75, 3.05) is 0 Å². The molecule has 1 fully saturated rings. The van der Waals surface area contributed by atoms with Gasteiger partial charge in [0.15, 0.2) is 0 Å². The summed E-state index contributed by atoms with van der Waals surface area (Å²) in [6.45, 7) is 0.917. The first kappa shape index (κ1) is 10.6. The van der Waals surface area contributed by atoms with E-state index in [0.717, 1.165) is 18.4 Å². The minimum absolute atomic E-state index is 0.126. The predicted molar refractivity (Wildman–Crippen MR) is 53.8 cm³/mol. The van der Waals surface area contributed by atoms with Crippen LogP contribution in [0.3, 0.4) is 0 Å². The average Bonchev–Trinajstić information content (AvgIpc) is 2.82. The zero-order chi connectivity index (χ0) is 11.1. The monoisotopic (exact) mass is 212 g/mol. The summed E-state index contributed by atoms with van der Waals surface area (Å²) in [4.78, 5) is 0. The van der Waals surface area contributed by atoms with Gasteiger partial charge < -0.3 is 5.11 Å². The smallest absolute Gasteiger partial charge is 0.129 e. The lowest BCUT2D eigenvalue weighted by molar-refractivity contribution is 0.151. The van der Waals surface area contributed by atoms with E-state index in [1.165, 1.54) is 6.07 Å². The number of hydrogen-bond acceptors (Lipinski definition) is 1. The van der Waals surface area contributed by atoms with Crippen LogP contribution in [0.15, 0.2) is 12.1 Å². The van der Waals surface area contributed by atoms with Gasteiger partial charge in [-0.05, 0) is 37.0 Å². The van der Waals surface area contributed by atoms with Crippen molar-refractivity contribution in [2.24, 2.45) is 0 Å². The van der Waals surface area contributed by atoms with E-state index in [2.05, 4.69) is 0 Å². The number of aliphatic hydroxyl groups is 1. The maximum absolute atomic E-state index is 13.4. The van der Waals surface area contributed by atoms with Gasteiger partial charge >= 0.3 is 0 Å². The van der Waals surface area contributed by atoms with E-state index in [9.17, 15) is 13.9 Å². The Bertz CT molecular complexity index is 360. The van der Waals surface area contributed by atoms with Crippen LogP contribution in [0.25, 0.3) is 0 Å². The largest absolute Gasteiger partial charge is 0.390 e. The van der Waals surface area contributed by atoms with Gasteiger partial charge in [-0.15, -0.1) is 0 Å². The Morgan fingerprint density at radius 3 is 2.53 bits per heavy atom. The van der Waals surface area contributed by atoms with Crippen LogP contribution in [0.1, 0.15) is 29.5 Å². The first-order chi connectivity index (χ1) is 7.04. The van der Waals surface area contributed by atoms with Crippen molar-refractivity contribution in [1.82, 2.24) is 0 Å². The molecule has 0 radical (unpaired) electrons. The van der Waals surface area contributed by atoms with Gasteiger partial charge in [-0.2, -0.15) is 0 Å². The summed E-state index contributed by atoms with van der Waals surface area (Å²) in [5.41, 5.74) is 0.872. The lowest BCUT2D eigenvalue weighted by atomic mass is 10.0. The maximum atomic E-state index is 13.4. The second-order valence-corrected chi connectivity index (χ2v) is 4.41. The first-order valence-electron chi connectivity index (χ1n) is 5.10. The fourth-order valence-corrected chi connectivity index (χ4v) is 1.82. The fraction of sp³-hybridized carbons (Fsp3) is 0.500. The van der Waals surface area contributed by atoms with Crippen molar-refractivity contribution in [3.8, 4) is 0 Å². The summed E-state index contributed by atoms with van der Waals surface area (Å²) in [6, 6.07) is 3.09. The van der Waals surface area contributed by atoms with Crippen molar-refractivity contribution in [1.29, 1.82) is 0 Å². The number of alkyl halides is 1. The molecule has 1 aliphatic carbocycles. The highest BCUT2D eigenvalue weighted by molar-refractivity contribution is 5.33. The number of benzene rings is 1. The van der Waals surface area contributed by atoms with Gasteiger partial charge in [0.25, 0.3) is 0 Å². The molecule has 1 nitrogen and oxygen atoms in total. The molecule has 0 heterocycles. The molecule has 0 amide bonds. The highest BCUT2D eigenvalue weighted by Crippen LogP contribution is 2.38. The summed E-state index contributed by atoms with van der Waals surface area (Å²) in [5, 5.41) is 9.69. The lowest BCUT2D eigenvalue weighted by Crippen LogP contribution is -2.11. The van der Waals surface area contributed by atoms with Crippen LogP contribution in [0, 0.1) is 12.7 Å². The fourth-order valence-electron chi connectivity index (χ4n) is 1.82. The van der Waals surface area contributed by atoms with Gasteiger partial charge in [-0.25, -0.2) is 8.78 Å². The number of halogens is 2. The van der Waals surface area contributed by atoms with Gasteiger partial charge in [0.05, 0.1) is 5.60 Å². The molecule has 0 unspecified atom stereocenters. The summed E-state index contributed by atoms with van der Waals surface area (Å²) < 4.78 is 25.8. The Labute approximate surface area is 87.7 Å². The molecule has 1 saturated carbocycles. The Kier molecular flexibility index (Phi) is 2.51. The van der Waals surface area contributed by atoms with Crippen LogP contribution in [0.4, 0.5) is 8.78 Å². The highest BCUT2D eigenvalue weighted by Gasteiger charge is 2.40. The number of aryl methyl sites for hydroxylation is 1. The van der Waals surface area contributed by atoms with E-state index < -0.39 is 18.1 Å². The van der Waals surface area contributed by atoms with E-state index in [-0.39, 0.29) is 5.56 Å². The molecule has 1 aromatic carbocycles. The average molecular weight is 212 g/mol. The molecular formula is C12H14F2O. The summed E-state index contributed by atoms with van der Waals surface area (Å²) in [6.07, 6.45) is 2.02. The van der Waals surface area contributed by atoms with Crippen molar-refractivity contribution < 1.29 is 13.9 Å². The molecule has 15 heavy (non-hydrogen) atoms. The minimum Gasteiger partial charge on any atom is -0.390 e. The third-order valence-electron chi connectivity index (χ3n) is 2.97. The van der Waals surface area contributed by atoms with Gasteiger partial charge in [0.2, 0.25) is 0 Å². The maximum Gasteiger partial charge on any atom is 0.129 e. The second kappa shape index (κ2) is 3.56. The van der Waals surface area contributed by atoms with E-state index in [0.29, 0.717) is 12.0 Å². The van der Waals surface area contributed by atoms with Crippen LogP contribution >= 0.6 is 0 Å². The van der Waals surface area contributed by atoms with Gasteiger partial charge in [-0.1, -0.05) is 6.07 Å². The molecule has 0 aliphatic heterocycles. The Morgan fingerprint density at radius 2 is 2.07 bits per heavy atom. The molecule has 0 spiro atoms. The molecule has 3 heteroatoms. The zero-order valence-electron chi connectivity index (χ0n) is 8.69. The Hall–Kier alpha value is -0.960. The molecule has 2 rings (SSSR count). The quantitative estimate of drug-likeness (QED) is 0.816. The van der Waals surface area contributed by atoms with Crippen molar-refractivity contribution in [3.63, 3.8) is 0 Å². The predicted octanol–water partition coefficient (Wildman–Crippen LogP) is 2.67. The summed E-state index contributed by atoms with van der Waals surface area (Å²) >= 11 is 0. The number of rotatable bonds is 3. The Morgan fingerprint density at radius 1 is 1.40 bits per heavy atom. The molecule has 1 aromatic rings. The zero-order valence-corrected chi connectivity index (χ0v) is 8.69.